The van der Waals surface area contributed by atoms with Crippen LogP contribution >= 0.6 is 27.7 Å². The van der Waals surface area contributed by atoms with E-state index >= 15 is 0 Å². The van der Waals surface area contributed by atoms with Gasteiger partial charge in [0.2, 0.25) is 0 Å². The van der Waals surface area contributed by atoms with Gasteiger partial charge in [0.15, 0.2) is 0 Å². The van der Waals surface area contributed by atoms with Crippen LogP contribution in [0.2, 0.25) is 0 Å². The lowest BCUT2D eigenvalue weighted by molar-refractivity contribution is 0.256. The molecule has 0 spiro atoms. The summed E-state index contributed by atoms with van der Waals surface area (Å²) < 4.78 is 0.994. The minimum absolute atomic E-state index is 0.0862. The number of thioether (sulfide) groups is 1. The SMILES string of the molecule is CC1CN(C(=O)Nc2ccc(Br)cc2)c2ccccc2S1. The molecular weight excluding hydrogens is 348 g/mol. The highest BCUT2D eigenvalue weighted by Gasteiger charge is 2.26. The summed E-state index contributed by atoms with van der Waals surface area (Å²) in [6, 6.07) is 15.6. The number of benzene rings is 2. The molecule has 2 amide bonds. The van der Waals surface area contributed by atoms with E-state index < -0.39 is 0 Å². The highest BCUT2D eigenvalue weighted by atomic mass is 79.9. The molecule has 1 atom stereocenters. The summed E-state index contributed by atoms with van der Waals surface area (Å²) in [5.74, 6) is 0. The number of fused-ring (bicyclic) bond motifs is 1. The molecule has 0 radical (unpaired) electrons. The van der Waals surface area contributed by atoms with Crippen molar-refractivity contribution in [1.82, 2.24) is 0 Å². The lowest BCUT2D eigenvalue weighted by Gasteiger charge is -2.32. The standard InChI is InChI=1S/C16H15BrN2OS/c1-11-10-19(14-4-2-3-5-15(14)21-11)16(20)18-13-8-6-12(17)7-9-13/h2-9,11H,10H2,1H3,(H,18,20). The van der Waals surface area contributed by atoms with Crippen LogP contribution < -0.4 is 10.2 Å². The Morgan fingerprint density at radius 2 is 1.95 bits per heavy atom. The molecule has 1 aliphatic rings. The number of carbonyl (C=O) groups is 1. The molecule has 0 aromatic heterocycles. The van der Waals surface area contributed by atoms with E-state index in [0.717, 1.165) is 20.7 Å². The van der Waals surface area contributed by atoms with E-state index in [1.165, 1.54) is 0 Å². The van der Waals surface area contributed by atoms with Crippen molar-refractivity contribution >= 4 is 45.1 Å². The number of anilines is 2. The summed E-state index contributed by atoms with van der Waals surface area (Å²) in [5.41, 5.74) is 1.78. The molecule has 0 aliphatic carbocycles. The first-order valence-electron chi connectivity index (χ1n) is 6.73. The van der Waals surface area contributed by atoms with Crippen molar-refractivity contribution in [3.05, 3.63) is 53.0 Å². The molecule has 1 heterocycles. The molecule has 0 fully saturated rings. The Morgan fingerprint density at radius 3 is 2.71 bits per heavy atom. The van der Waals surface area contributed by atoms with E-state index in [4.69, 9.17) is 0 Å². The predicted octanol–water partition coefficient (Wildman–Crippen LogP) is 4.98. The molecule has 0 bridgehead atoms. The molecule has 2 aromatic rings. The van der Waals surface area contributed by atoms with E-state index in [0.29, 0.717) is 11.8 Å². The second-order valence-corrected chi connectivity index (χ2v) is 7.34. The Labute approximate surface area is 136 Å². The van der Waals surface area contributed by atoms with Gasteiger partial charge in [0.1, 0.15) is 0 Å². The van der Waals surface area contributed by atoms with Crippen molar-refractivity contribution in [3.63, 3.8) is 0 Å². The molecule has 1 unspecified atom stereocenters. The third-order valence-electron chi connectivity index (χ3n) is 3.26. The summed E-state index contributed by atoms with van der Waals surface area (Å²) >= 11 is 5.21. The molecule has 1 N–H and O–H groups in total. The van der Waals surface area contributed by atoms with Gasteiger partial charge < -0.3 is 5.32 Å². The van der Waals surface area contributed by atoms with Gasteiger partial charge in [-0.15, -0.1) is 11.8 Å². The van der Waals surface area contributed by atoms with Crippen LogP contribution in [0.3, 0.4) is 0 Å². The lowest BCUT2D eigenvalue weighted by Crippen LogP contribution is -2.41. The Kier molecular flexibility index (Phi) is 4.22. The number of rotatable bonds is 1. The molecule has 108 valence electrons. The number of halogens is 1. The highest BCUT2D eigenvalue weighted by molar-refractivity contribution is 9.10. The minimum Gasteiger partial charge on any atom is -0.308 e. The summed E-state index contributed by atoms with van der Waals surface area (Å²) in [7, 11) is 0. The zero-order valence-electron chi connectivity index (χ0n) is 11.5. The van der Waals surface area contributed by atoms with Crippen LogP contribution in [0.25, 0.3) is 0 Å². The normalized spacial score (nSPS) is 17.2. The lowest BCUT2D eigenvalue weighted by atomic mass is 10.2. The van der Waals surface area contributed by atoms with Gasteiger partial charge in [0.25, 0.3) is 0 Å². The monoisotopic (exact) mass is 362 g/mol. The predicted molar refractivity (Wildman–Crippen MR) is 92.3 cm³/mol. The summed E-state index contributed by atoms with van der Waals surface area (Å²) in [5, 5.41) is 3.34. The van der Waals surface area contributed by atoms with Crippen LogP contribution in [0.15, 0.2) is 57.9 Å². The van der Waals surface area contributed by atoms with Crippen molar-refractivity contribution in [3.8, 4) is 0 Å². The zero-order chi connectivity index (χ0) is 14.8. The second kappa shape index (κ2) is 6.12. The van der Waals surface area contributed by atoms with Crippen LogP contribution in [0.4, 0.5) is 16.2 Å². The first-order valence-corrected chi connectivity index (χ1v) is 8.40. The molecule has 2 aromatic carbocycles. The Morgan fingerprint density at radius 1 is 1.24 bits per heavy atom. The molecule has 0 saturated carbocycles. The summed E-state index contributed by atoms with van der Waals surface area (Å²) in [6.45, 7) is 2.85. The number of amides is 2. The third kappa shape index (κ3) is 3.24. The van der Waals surface area contributed by atoms with Gasteiger partial charge in [0, 0.05) is 26.9 Å². The third-order valence-corrected chi connectivity index (χ3v) is 4.94. The van der Waals surface area contributed by atoms with Gasteiger partial charge in [-0.05, 0) is 36.4 Å². The van der Waals surface area contributed by atoms with Gasteiger partial charge >= 0.3 is 6.03 Å². The van der Waals surface area contributed by atoms with Gasteiger partial charge in [0.05, 0.1) is 5.69 Å². The molecular formula is C16H15BrN2OS. The van der Waals surface area contributed by atoms with E-state index in [-0.39, 0.29) is 6.03 Å². The number of hydrogen-bond acceptors (Lipinski definition) is 2. The topological polar surface area (TPSA) is 32.3 Å². The zero-order valence-corrected chi connectivity index (χ0v) is 13.9. The second-order valence-electron chi connectivity index (χ2n) is 4.94. The summed E-state index contributed by atoms with van der Waals surface area (Å²) in [4.78, 5) is 15.5. The number of hydrogen-bond donors (Lipinski definition) is 1. The molecule has 5 heteroatoms. The Bertz CT molecular complexity index is 660. The Hall–Kier alpha value is -1.46. The molecule has 3 rings (SSSR count). The smallest absolute Gasteiger partial charge is 0.308 e. The number of para-hydroxylation sites is 1. The van der Waals surface area contributed by atoms with E-state index in [1.54, 1.807) is 0 Å². The fourth-order valence-electron chi connectivity index (χ4n) is 2.31. The molecule has 1 aliphatic heterocycles. The maximum atomic E-state index is 12.6. The molecule has 3 nitrogen and oxygen atoms in total. The molecule has 0 saturated heterocycles. The van der Waals surface area contributed by atoms with Crippen LogP contribution in [-0.2, 0) is 0 Å². The number of nitrogens with zero attached hydrogens (tertiary/aromatic N) is 1. The first kappa shape index (κ1) is 14.5. The van der Waals surface area contributed by atoms with Crippen LogP contribution in [-0.4, -0.2) is 17.8 Å². The summed E-state index contributed by atoms with van der Waals surface area (Å²) in [6.07, 6.45) is 0. The number of urea groups is 1. The van der Waals surface area contributed by atoms with Crippen molar-refractivity contribution < 1.29 is 4.79 Å². The van der Waals surface area contributed by atoms with Crippen LogP contribution in [0, 0.1) is 0 Å². The van der Waals surface area contributed by atoms with Crippen LogP contribution in [0.5, 0.6) is 0 Å². The maximum absolute atomic E-state index is 12.6. The minimum atomic E-state index is -0.0862. The van der Waals surface area contributed by atoms with Gasteiger partial charge in [-0.1, -0.05) is 35.0 Å². The van der Waals surface area contributed by atoms with Crippen molar-refractivity contribution in [1.29, 1.82) is 0 Å². The first-order chi connectivity index (χ1) is 10.1. The number of nitrogens with one attached hydrogen (secondary N) is 1. The molecule has 21 heavy (non-hydrogen) atoms. The fraction of sp³-hybridized carbons (Fsp3) is 0.188. The van der Waals surface area contributed by atoms with Gasteiger partial charge in [-0.2, -0.15) is 0 Å². The van der Waals surface area contributed by atoms with Gasteiger partial charge in [-0.3, -0.25) is 4.90 Å². The van der Waals surface area contributed by atoms with Crippen LogP contribution in [0.1, 0.15) is 6.92 Å². The fourth-order valence-corrected chi connectivity index (χ4v) is 3.68. The van der Waals surface area contributed by atoms with Crippen molar-refractivity contribution in [2.75, 3.05) is 16.8 Å². The van der Waals surface area contributed by atoms with Gasteiger partial charge in [-0.25, -0.2) is 4.79 Å². The largest absolute Gasteiger partial charge is 0.326 e. The maximum Gasteiger partial charge on any atom is 0.326 e. The average Bonchev–Trinajstić information content (AvgIpc) is 2.48. The van der Waals surface area contributed by atoms with Crippen molar-refractivity contribution in [2.45, 2.75) is 17.1 Å². The average molecular weight is 363 g/mol. The van der Waals surface area contributed by atoms with E-state index in [1.807, 2.05) is 59.1 Å². The Balaban J connectivity index is 1.83. The van der Waals surface area contributed by atoms with Crippen molar-refractivity contribution in [2.24, 2.45) is 0 Å². The highest BCUT2D eigenvalue weighted by Crippen LogP contribution is 2.38. The number of carbonyl (C=O) groups excluding carboxylic acids is 1. The quantitative estimate of drug-likeness (QED) is 0.775. The van der Waals surface area contributed by atoms with E-state index in [2.05, 4.69) is 34.2 Å². The van der Waals surface area contributed by atoms with E-state index in [9.17, 15) is 4.79 Å².